The van der Waals surface area contributed by atoms with E-state index in [4.69, 9.17) is 17.3 Å². The average Bonchev–Trinajstić information content (AvgIpc) is 2.95. The summed E-state index contributed by atoms with van der Waals surface area (Å²) in [5, 5.41) is 3.59. The normalized spacial score (nSPS) is 12.7. The molecular formula is C28H25ClF3N7O3. The smallest absolute Gasteiger partial charge is 0.387 e. The first-order valence-corrected chi connectivity index (χ1v) is 13.2. The van der Waals surface area contributed by atoms with Gasteiger partial charge in [0.2, 0.25) is 5.95 Å². The maximum atomic E-state index is 13.6. The molecule has 1 aromatic heterocycles. The lowest BCUT2D eigenvalue weighted by molar-refractivity contribution is -0.0498. The van der Waals surface area contributed by atoms with Crippen molar-refractivity contribution in [3.8, 4) is 5.75 Å². The van der Waals surface area contributed by atoms with Crippen molar-refractivity contribution in [2.75, 3.05) is 18.4 Å². The van der Waals surface area contributed by atoms with Crippen LogP contribution in [0.4, 0.5) is 24.8 Å². The van der Waals surface area contributed by atoms with Gasteiger partial charge in [-0.05, 0) is 53.1 Å². The number of fused-ring (bicyclic) bond motifs is 1. The van der Waals surface area contributed by atoms with Gasteiger partial charge < -0.3 is 20.7 Å². The zero-order valence-electron chi connectivity index (χ0n) is 22.0. The first kappa shape index (κ1) is 28.7. The molecule has 0 radical (unpaired) electrons. The number of nitrogens with zero attached hydrogens (tertiary/aromatic N) is 5. The predicted octanol–water partition coefficient (Wildman–Crippen LogP) is 3.77. The Kier molecular flexibility index (Phi) is 8.48. The molecule has 3 aromatic carbocycles. The van der Waals surface area contributed by atoms with E-state index in [1.165, 1.54) is 53.1 Å². The molecule has 0 bridgehead atoms. The maximum absolute atomic E-state index is 13.6. The van der Waals surface area contributed by atoms with Gasteiger partial charge >= 0.3 is 18.0 Å². The number of nitrogens with one attached hydrogen (secondary N) is 1. The molecular weight excluding hydrogens is 575 g/mol. The number of halogens is 4. The van der Waals surface area contributed by atoms with Gasteiger partial charge in [-0.3, -0.25) is 4.57 Å². The zero-order valence-corrected chi connectivity index (χ0v) is 22.8. The SMILES string of the molecule is NC1=Nc2cc(Cl)ccc2CN1CCNc1nc(=O)n(Cc2ccc(F)cc2)c(=O)n1Cc1ccc(OC(F)F)cc1. The van der Waals surface area contributed by atoms with E-state index >= 15 is 0 Å². The van der Waals surface area contributed by atoms with E-state index in [0.29, 0.717) is 34.9 Å². The minimum absolute atomic E-state index is 0.00737. The first-order chi connectivity index (χ1) is 20.2. The second-order valence-corrected chi connectivity index (χ2v) is 9.85. The monoisotopic (exact) mass is 599 g/mol. The number of rotatable bonds is 10. The van der Waals surface area contributed by atoms with Crippen molar-refractivity contribution in [2.45, 2.75) is 26.2 Å². The Hall–Kier alpha value is -4.78. The predicted molar refractivity (Wildman–Crippen MR) is 152 cm³/mol. The van der Waals surface area contributed by atoms with Crippen LogP contribution in [0, 0.1) is 5.82 Å². The quantitative estimate of drug-likeness (QED) is 0.285. The van der Waals surface area contributed by atoms with Gasteiger partial charge in [-0.2, -0.15) is 13.8 Å². The van der Waals surface area contributed by atoms with Crippen LogP contribution in [-0.4, -0.2) is 44.7 Å². The molecule has 0 amide bonds. The number of anilines is 1. The third kappa shape index (κ3) is 6.74. The van der Waals surface area contributed by atoms with Crippen molar-refractivity contribution >= 4 is 29.2 Å². The summed E-state index contributed by atoms with van der Waals surface area (Å²) in [5.74, 6) is -0.193. The maximum Gasteiger partial charge on any atom is 0.387 e. The topological polar surface area (TPSA) is 120 Å². The number of aromatic nitrogens is 3. The van der Waals surface area contributed by atoms with Crippen molar-refractivity contribution in [1.29, 1.82) is 0 Å². The van der Waals surface area contributed by atoms with Crippen molar-refractivity contribution in [3.63, 3.8) is 0 Å². The van der Waals surface area contributed by atoms with E-state index in [1.54, 1.807) is 12.1 Å². The standard InChI is InChI=1S/C28H25ClF3N7O3/c29-20-6-5-19-16-37(25(33)35-23(19)13-20)12-11-34-26-36-27(40)39(15-17-1-7-21(30)8-2-17)28(41)38(26)14-18-3-9-22(10-4-18)42-24(31)32/h1-10,13,24H,11-12,14-16H2,(H2,33,35)(H,34,36,40). The van der Waals surface area contributed by atoms with Gasteiger partial charge in [-0.1, -0.05) is 41.9 Å². The average molecular weight is 600 g/mol. The molecule has 0 spiro atoms. The number of alkyl halides is 2. The fourth-order valence-electron chi connectivity index (χ4n) is 4.43. The largest absolute Gasteiger partial charge is 0.435 e. The number of ether oxygens (including phenoxy) is 1. The zero-order chi connectivity index (χ0) is 29.8. The van der Waals surface area contributed by atoms with Gasteiger partial charge in [-0.25, -0.2) is 23.5 Å². The van der Waals surface area contributed by atoms with Crippen LogP contribution < -0.4 is 27.2 Å². The Morgan fingerprint density at radius 3 is 2.33 bits per heavy atom. The molecule has 14 heteroatoms. The van der Waals surface area contributed by atoms with Crippen molar-refractivity contribution < 1.29 is 17.9 Å². The van der Waals surface area contributed by atoms with Crippen LogP contribution in [-0.2, 0) is 19.6 Å². The number of benzene rings is 3. The molecule has 1 aliphatic rings. The Labute approximate surface area is 242 Å². The Morgan fingerprint density at radius 2 is 1.64 bits per heavy atom. The molecule has 2 heterocycles. The Balaban J connectivity index is 1.39. The summed E-state index contributed by atoms with van der Waals surface area (Å²) in [5.41, 5.74) is 7.40. The van der Waals surface area contributed by atoms with E-state index in [2.05, 4.69) is 20.0 Å². The minimum Gasteiger partial charge on any atom is -0.435 e. The summed E-state index contributed by atoms with van der Waals surface area (Å²) in [7, 11) is 0. The molecule has 4 aromatic rings. The number of hydrogen-bond acceptors (Lipinski definition) is 8. The second kappa shape index (κ2) is 12.4. The summed E-state index contributed by atoms with van der Waals surface area (Å²) in [6, 6.07) is 16.5. The minimum atomic E-state index is -2.97. The molecule has 0 atom stereocenters. The molecule has 10 nitrogen and oxygen atoms in total. The first-order valence-electron chi connectivity index (χ1n) is 12.8. The van der Waals surface area contributed by atoms with Crippen LogP contribution in [0.25, 0.3) is 0 Å². The molecule has 42 heavy (non-hydrogen) atoms. The van der Waals surface area contributed by atoms with Crippen LogP contribution in [0.2, 0.25) is 5.02 Å². The Morgan fingerprint density at radius 1 is 0.976 bits per heavy atom. The lowest BCUT2D eigenvalue weighted by Gasteiger charge is -2.28. The fourth-order valence-corrected chi connectivity index (χ4v) is 4.59. The molecule has 0 saturated carbocycles. The van der Waals surface area contributed by atoms with Gasteiger partial charge in [0, 0.05) is 24.7 Å². The number of aliphatic imine (C=N–C) groups is 1. The molecule has 0 aliphatic carbocycles. The number of nitrogens with two attached hydrogens (primary N) is 1. The Bertz CT molecular complexity index is 1730. The highest BCUT2D eigenvalue weighted by molar-refractivity contribution is 6.30. The van der Waals surface area contributed by atoms with Crippen LogP contribution in [0.15, 0.2) is 81.3 Å². The van der Waals surface area contributed by atoms with Crippen LogP contribution in [0.3, 0.4) is 0 Å². The summed E-state index contributed by atoms with van der Waals surface area (Å²) in [6.45, 7) is -2.04. The van der Waals surface area contributed by atoms with Gasteiger partial charge in [0.25, 0.3) is 0 Å². The van der Waals surface area contributed by atoms with Crippen molar-refractivity contribution in [3.05, 3.63) is 115 Å². The van der Waals surface area contributed by atoms with Crippen LogP contribution in [0.5, 0.6) is 5.75 Å². The third-order valence-corrected chi connectivity index (χ3v) is 6.76. The van der Waals surface area contributed by atoms with E-state index < -0.39 is 23.8 Å². The highest BCUT2D eigenvalue weighted by Gasteiger charge is 2.19. The third-order valence-electron chi connectivity index (χ3n) is 6.53. The van der Waals surface area contributed by atoms with Gasteiger partial charge in [0.05, 0.1) is 18.8 Å². The van der Waals surface area contributed by atoms with Crippen LogP contribution >= 0.6 is 11.6 Å². The fraction of sp³-hybridized carbons (Fsp3) is 0.214. The molecule has 1 aliphatic heterocycles. The van der Waals surface area contributed by atoms with Crippen molar-refractivity contribution in [1.82, 2.24) is 19.0 Å². The molecule has 0 fully saturated rings. The molecule has 3 N–H and O–H groups in total. The molecule has 0 unspecified atom stereocenters. The van der Waals surface area contributed by atoms with Gasteiger partial charge in [0.1, 0.15) is 11.6 Å². The number of hydrogen-bond donors (Lipinski definition) is 2. The summed E-state index contributed by atoms with van der Waals surface area (Å²) < 4.78 is 45.1. The summed E-state index contributed by atoms with van der Waals surface area (Å²) in [6.07, 6.45) is 0. The van der Waals surface area contributed by atoms with Gasteiger partial charge in [-0.15, -0.1) is 0 Å². The summed E-state index contributed by atoms with van der Waals surface area (Å²) >= 11 is 6.05. The highest BCUT2D eigenvalue weighted by atomic mass is 35.5. The lowest BCUT2D eigenvalue weighted by Crippen LogP contribution is -2.44. The van der Waals surface area contributed by atoms with Crippen molar-refractivity contribution in [2.24, 2.45) is 10.7 Å². The van der Waals surface area contributed by atoms with Gasteiger partial charge in [0.15, 0.2) is 5.96 Å². The molecule has 5 rings (SSSR count). The molecule has 0 saturated heterocycles. The van der Waals surface area contributed by atoms with E-state index in [1.807, 2.05) is 11.0 Å². The second-order valence-electron chi connectivity index (χ2n) is 9.41. The highest BCUT2D eigenvalue weighted by Crippen LogP contribution is 2.28. The number of guanidine groups is 1. The summed E-state index contributed by atoms with van der Waals surface area (Å²) in [4.78, 5) is 36.8. The lowest BCUT2D eigenvalue weighted by atomic mass is 10.1. The van der Waals surface area contributed by atoms with E-state index in [9.17, 15) is 22.8 Å². The van der Waals surface area contributed by atoms with E-state index in [-0.39, 0.29) is 37.3 Å². The molecule has 218 valence electrons. The van der Waals surface area contributed by atoms with Crippen LogP contribution in [0.1, 0.15) is 16.7 Å². The van der Waals surface area contributed by atoms with E-state index in [0.717, 1.165) is 10.1 Å².